The van der Waals surface area contributed by atoms with E-state index in [9.17, 15) is 0 Å². The summed E-state index contributed by atoms with van der Waals surface area (Å²) in [6.45, 7) is 10.6. The maximum atomic E-state index is 8.99. The molecule has 24 heavy (non-hydrogen) atoms. The maximum absolute atomic E-state index is 8.99. The summed E-state index contributed by atoms with van der Waals surface area (Å²) in [5, 5.41) is 10.5. The molecule has 138 valence electrons. The third-order valence-electron chi connectivity index (χ3n) is 3.44. The van der Waals surface area contributed by atoms with E-state index >= 15 is 0 Å². The average Bonchev–Trinajstić information content (AvgIpc) is 2.44. The van der Waals surface area contributed by atoms with Crippen molar-refractivity contribution in [1.82, 2.24) is 0 Å². The number of halogens is 2. The Balaban J connectivity index is -0.0000000540. The molecule has 1 unspecified atom stereocenters. The molecule has 1 atom stereocenters. The van der Waals surface area contributed by atoms with Gasteiger partial charge in [-0.25, -0.2) is 10.8 Å². The van der Waals surface area contributed by atoms with Gasteiger partial charge in [-0.3, -0.25) is 6.08 Å². The molecule has 1 nitrogen and oxygen atoms in total. The molecule has 0 fully saturated rings. The SMILES string of the molecule is CC1=C(C)C(C)[C-]=C1[SiH3].Cc1cc(C)cc(O)c1.Cl.Cl.[CH3-].[CH3-].[SiH3].[Ti+3]. The van der Waals surface area contributed by atoms with E-state index in [1.54, 1.807) is 12.1 Å². The smallest absolute Gasteiger partial charge is 0.508 e. The zero-order chi connectivity index (χ0) is 13.9. The van der Waals surface area contributed by atoms with E-state index in [1.807, 2.05) is 19.9 Å². The van der Waals surface area contributed by atoms with Crippen LogP contribution in [0.25, 0.3) is 0 Å². The molecule has 1 aromatic rings. The topological polar surface area (TPSA) is 20.2 Å². The number of hydrogen-bond acceptors (Lipinski definition) is 1. The van der Waals surface area contributed by atoms with Crippen LogP contribution in [0.1, 0.15) is 31.9 Å². The average molecular weight is 441 g/mol. The summed E-state index contributed by atoms with van der Waals surface area (Å²) in [5.74, 6) is 0.949. The number of phenols is 1. The van der Waals surface area contributed by atoms with E-state index in [1.165, 1.54) is 16.3 Å². The molecule has 0 spiro atoms. The summed E-state index contributed by atoms with van der Waals surface area (Å²) >= 11 is 0. The van der Waals surface area contributed by atoms with E-state index in [-0.39, 0.29) is 72.4 Å². The molecule has 0 bridgehead atoms. The summed E-state index contributed by atoms with van der Waals surface area (Å²) in [4.78, 5) is 0. The maximum Gasteiger partial charge on any atom is 3.00 e. The van der Waals surface area contributed by atoms with Gasteiger partial charge in [-0.05, 0) is 58.3 Å². The minimum absolute atomic E-state index is 0. The van der Waals surface area contributed by atoms with Crippen LogP contribution in [0.15, 0.2) is 34.5 Å². The monoisotopic (exact) mass is 440 g/mol. The molecule has 0 aliphatic heterocycles. The number of benzene rings is 1. The molecular formula is C18H34Cl2OSi2Ti. The third kappa shape index (κ3) is 12.6. The molecular weight excluding hydrogens is 407 g/mol. The zero-order valence-electron chi connectivity index (χ0n) is 16.6. The molecule has 0 saturated carbocycles. The van der Waals surface area contributed by atoms with Gasteiger partial charge in [0.05, 0.1) is 0 Å². The van der Waals surface area contributed by atoms with Crippen molar-refractivity contribution in [2.75, 3.05) is 0 Å². The van der Waals surface area contributed by atoms with Crippen LogP contribution in [0.2, 0.25) is 0 Å². The second kappa shape index (κ2) is 18.0. The number of rotatable bonds is 0. The Bertz CT molecular complexity index is 467. The fourth-order valence-electron chi connectivity index (χ4n) is 2.11. The standard InChI is InChI=1S/C8H10O.C8H13Si.2CH3.2ClH.H3Si.Ti/c1-6-3-7(2)5-8(9)4-6;1-5-4-8(9)7(3)6(5)2;;;;;;/h3-5,9H,1-2H3;5H,1-3,9H3;2*1H3;2*1H;1H3;/q;3*-1;;;;+3. The van der Waals surface area contributed by atoms with Crippen LogP contribution in [-0.2, 0) is 21.7 Å². The minimum atomic E-state index is 0. The van der Waals surface area contributed by atoms with Gasteiger partial charge in [-0.1, -0.05) is 25.8 Å². The predicted molar refractivity (Wildman–Crippen MR) is 119 cm³/mol. The number of aromatic hydroxyl groups is 1. The fraction of sp³-hybridized carbons (Fsp3) is 0.333. The Kier molecular flexibility index (Phi) is 29.6. The minimum Gasteiger partial charge on any atom is -0.508 e. The van der Waals surface area contributed by atoms with Gasteiger partial charge in [-0.15, -0.1) is 31.7 Å². The van der Waals surface area contributed by atoms with Crippen LogP contribution in [0.4, 0.5) is 0 Å². The van der Waals surface area contributed by atoms with E-state index in [0.717, 1.165) is 21.4 Å². The molecule has 0 saturated heterocycles. The first kappa shape index (κ1) is 39.3. The van der Waals surface area contributed by atoms with E-state index in [2.05, 4.69) is 26.8 Å². The van der Waals surface area contributed by atoms with Crippen LogP contribution in [0.3, 0.4) is 0 Å². The molecule has 1 aliphatic carbocycles. The largest absolute Gasteiger partial charge is 3.00 e. The normalized spacial score (nSPS) is 13.9. The zero-order valence-corrected chi connectivity index (χ0v) is 23.8. The third-order valence-corrected chi connectivity index (χ3v) is 4.48. The Morgan fingerprint density at radius 3 is 1.50 bits per heavy atom. The molecule has 0 aromatic heterocycles. The first-order valence-electron chi connectivity index (χ1n) is 6.36. The van der Waals surface area contributed by atoms with Crippen LogP contribution in [0.5, 0.6) is 5.75 Å². The molecule has 0 heterocycles. The summed E-state index contributed by atoms with van der Waals surface area (Å²) < 4.78 is 0. The van der Waals surface area contributed by atoms with Crippen molar-refractivity contribution in [2.45, 2.75) is 34.6 Å². The van der Waals surface area contributed by atoms with Gasteiger partial charge < -0.3 is 20.0 Å². The fourth-order valence-corrected chi connectivity index (χ4v) is 2.94. The first-order chi connectivity index (χ1) is 8.31. The van der Waals surface area contributed by atoms with Gasteiger partial charge in [-0.2, -0.15) is 5.57 Å². The number of hydrogen-bond donors (Lipinski definition) is 1. The summed E-state index contributed by atoms with van der Waals surface area (Å²) in [7, 11) is 1.16. The van der Waals surface area contributed by atoms with Gasteiger partial charge in [0.1, 0.15) is 5.75 Å². The summed E-state index contributed by atoms with van der Waals surface area (Å²) in [5.41, 5.74) is 5.22. The van der Waals surface area contributed by atoms with E-state index in [0.29, 0.717) is 11.7 Å². The van der Waals surface area contributed by atoms with Crippen LogP contribution < -0.4 is 0 Å². The Hall–Kier alpha value is 0.228. The Morgan fingerprint density at radius 1 is 0.958 bits per heavy atom. The van der Waals surface area contributed by atoms with Crippen molar-refractivity contribution in [1.29, 1.82) is 0 Å². The van der Waals surface area contributed by atoms with Crippen molar-refractivity contribution >= 4 is 46.0 Å². The van der Waals surface area contributed by atoms with Gasteiger partial charge in [0.2, 0.25) is 0 Å². The quantitative estimate of drug-likeness (QED) is 0.482. The Labute approximate surface area is 184 Å². The molecule has 1 N–H and O–H groups in total. The van der Waals surface area contributed by atoms with Crippen LogP contribution in [-0.4, -0.2) is 26.3 Å². The second-order valence-electron chi connectivity index (χ2n) is 5.14. The molecule has 1 aliphatic rings. The van der Waals surface area contributed by atoms with Gasteiger partial charge in [0.25, 0.3) is 0 Å². The number of aryl methyl sites for hydroxylation is 2. The predicted octanol–water partition coefficient (Wildman–Crippen LogP) is 3.59. The first-order valence-corrected chi connectivity index (χ1v) is 7.36. The second-order valence-corrected chi connectivity index (χ2v) is 6.14. The van der Waals surface area contributed by atoms with Gasteiger partial charge in [0, 0.05) is 0 Å². The van der Waals surface area contributed by atoms with Gasteiger partial charge in [0.15, 0.2) is 0 Å². The molecule has 6 heteroatoms. The number of allylic oxidation sites excluding steroid dienone is 4. The van der Waals surface area contributed by atoms with E-state index in [4.69, 9.17) is 5.11 Å². The molecule has 2 rings (SSSR count). The van der Waals surface area contributed by atoms with Crippen molar-refractivity contribution < 1.29 is 26.8 Å². The summed E-state index contributed by atoms with van der Waals surface area (Å²) in [6.07, 6.45) is 3.42. The van der Waals surface area contributed by atoms with Crippen molar-refractivity contribution in [3.05, 3.63) is 66.6 Å². The Morgan fingerprint density at radius 2 is 1.33 bits per heavy atom. The number of phenolic OH excluding ortho intramolecular Hbond substituents is 1. The van der Waals surface area contributed by atoms with Crippen molar-refractivity contribution in [3.63, 3.8) is 0 Å². The van der Waals surface area contributed by atoms with Crippen molar-refractivity contribution in [2.24, 2.45) is 5.92 Å². The van der Waals surface area contributed by atoms with Crippen molar-refractivity contribution in [3.8, 4) is 5.75 Å². The van der Waals surface area contributed by atoms with E-state index < -0.39 is 0 Å². The van der Waals surface area contributed by atoms with Crippen LogP contribution >= 0.6 is 24.8 Å². The molecule has 1 aromatic carbocycles. The molecule has 2 radical (unpaired) electrons. The molecule has 0 amide bonds. The summed E-state index contributed by atoms with van der Waals surface area (Å²) in [6, 6.07) is 5.51. The van der Waals surface area contributed by atoms with Crippen LogP contribution in [0, 0.1) is 40.7 Å². The van der Waals surface area contributed by atoms with Gasteiger partial charge >= 0.3 is 21.7 Å².